The lowest BCUT2D eigenvalue weighted by atomic mass is 10.2. The van der Waals surface area contributed by atoms with Gasteiger partial charge in [-0.15, -0.1) is 0 Å². The number of sulfone groups is 1. The summed E-state index contributed by atoms with van der Waals surface area (Å²) in [7, 11) is -1.75. The van der Waals surface area contributed by atoms with Gasteiger partial charge in [0.2, 0.25) is 15.0 Å². The van der Waals surface area contributed by atoms with Crippen LogP contribution in [0.4, 0.5) is 0 Å². The minimum atomic E-state index is -3.41. The van der Waals surface area contributed by atoms with E-state index in [-0.39, 0.29) is 10.4 Å². The average molecular weight is 412 g/mol. The second-order valence-electron chi connectivity index (χ2n) is 8.51. The third-order valence-electron chi connectivity index (χ3n) is 6.05. The zero-order chi connectivity index (χ0) is 20.0. The molecule has 3 rings (SSSR count). The molecule has 1 aromatic heterocycles. The second-order valence-corrected chi connectivity index (χ2v) is 10.6. The van der Waals surface area contributed by atoms with E-state index in [1.54, 1.807) is 13.3 Å². The maximum Gasteiger partial charge on any atom is 0.228 e. The standard InChI is InChI=1S/C21H37N3O3S/c1-3-12-23(16-18-10-11-18)17-19-15-22-21(24(19)13-14-27-2)28(25,26)20-8-6-4-5-7-9-20/h15,18,20H,3-14,16-17H2,1-2H3. The van der Waals surface area contributed by atoms with Crippen LogP contribution >= 0.6 is 0 Å². The number of ether oxygens (including phenoxy) is 1. The molecule has 0 aliphatic heterocycles. The van der Waals surface area contributed by atoms with Gasteiger partial charge >= 0.3 is 0 Å². The lowest BCUT2D eigenvalue weighted by Crippen LogP contribution is -2.29. The van der Waals surface area contributed by atoms with Crippen LogP contribution in [0.15, 0.2) is 11.4 Å². The van der Waals surface area contributed by atoms with Gasteiger partial charge < -0.3 is 9.30 Å². The minimum Gasteiger partial charge on any atom is -0.383 e. The number of rotatable bonds is 11. The van der Waals surface area contributed by atoms with Crippen molar-refractivity contribution in [2.24, 2.45) is 5.92 Å². The molecule has 1 aromatic rings. The Hall–Kier alpha value is -0.920. The van der Waals surface area contributed by atoms with Crippen LogP contribution in [0, 0.1) is 5.92 Å². The van der Waals surface area contributed by atoms with Crippen molar-refractivity contribution >= 4 is 9.84 Å². The van der Waals surface area contributed by atoms with E-state index in [4.69, 9.17) is 4.74 Å². The van der Waals surface area contributed by atoms with Gasteiger partial charge in [0.25, 0.3) is 0 Å². The number of imidazole rings is 1. The summed E-state index contributed by atoms with van der Waals surface area (Å²) in [5.41, 5.74) is 0.998. The van der Waals surface area contributed by atoms with Crippen LogP contribution in [0.1, 0.15) is 70.4 Å². The summed E-state index contributed by atoms with van der Waals surface area (Å²) in [6, 6.07) is 0. The maximum atomic E-state index is 13.4. The number of nitrogens with zero attached hydrogens (tertiary/aromatic N) is 3. The molecular formula is C21H37N3O3S. The van der Waals surface area contributed by atoms with E-state index in [1.807, 2.05) is 4.57 Å². The summed E-state index contributed by atoms with van der Waals surface area (Å²) in [5.74, 6) is 0.816. The first-order valence-electron chi connectivity index (χ1n) is 11.1. The van der Waals surface area contributed by atoms with E-state index in [0.29, 0.717) is 13.2 Å². The fourth-order valence-electron chi connectivity index (χ4n) is 4.31. The Labute approximate surface area is 170 Å². The quantitative estimate of drug-likeness (QED) is 0.520. The molecular weight excluding hydrogens is 374 g/mol. The van der Waals surface area contributed by atoms with Gasteiger partial charge in [0.1, 0.15) is 0 Å². The first kappa shape index (κ1) is 21.8. The Morgan fingerprint density at radius 1 is 1.18 bits per heavy atom. The number of hydrogen-bond donors (Lipinski definition) is 0. The Kier molecular flexibility index (Phi) is 7.94. The first-order chi connectivity index (χ1) is 13.6. The summed E-state index contributed by atoms with van der Waals surface area (Å²) < 4.78 is 34.0. The molecule has 0 amide bonds. The highest BCUT2D eigenvalue weighted by molar-refractivity contribution is 7.91. The third kappa shape index (κ3) is 5.57. The number of hydrogen-bond acceptors (Lipinski definition) is 5. The molecule has 160 valence electrons. The molecule has 0 unspecified atom stereocenters. The molecule has 0 atom stereocenters. The number of aromatic nitrogens is 2. The van der Waals surface area contributed by atoms with Crippen molar-refractivity contribution < 1.29 is 13.2 Å². The largest absolute Gasteiger partial charge is 0.383 e. The van der Waals surface area contributed by atoms with Crippen molar-refractivity contribution in [3.8, 4) is 0 Å². The monoisotopic (exact) mass is 411 g/mol. The van der Waals surface area contributed by atoms with Crippen molar-refractivity contribution in [1.82, 2.24) is 14.5 Å². The lowest BCUT2D eigenvalue weighted by Gasteiger charge is -2.23. The van der Waals surface area contributed by atoms with E-state index >= 15 is 0 Å². The van der Waals surface area contributed by atoms with E-state index < -0.39 is 9.84 Å². The molecule has 2 aliphatic rings. The van der Waals surface area contributed by atoms with Crippen LogP contribution in [-0.4, -0.2) is 54.9 Å². The average Bonchev–Trinajstić information content (AvgIpc) is 3.44. The van der Waals surface area contributed by atoms with Crippen LogP contribution in [-0.2, 0) is 27.7 Å². The minimum absolute atomic E-state index is 0.259. The van der Waals surface area contributed by atoms with E-state index in [2.05, 4.69) is 16.8 Å². The predicted molar refractivity (Wildman–Crippen MR) is 111 cm³/mol. The van der Waals surface area contributed by atoms with Crippen molar-refractivity contribution in [1.29, 1.82) is 0 Å². The van der Waals surface area contributed by atoms with Gasteiger partial charge in [-0.25, -0.2) is 13.4 Å². The molecule has 0 bridgehead atoms. The third-order valence-corrected chi connectivity index (χ3v) is 8.24. The zero-order valence-electron chi connectivity index (χ0n) is 17.6. The van der Waals surface area contributed by atoms with E-state index in [0.717, 1.165) is 76.2 Å². The Morgan fingerprint density at radius 2 is 1.89 bits per heavy atom. The summed E-state index contributed by atoms with van der Waals surface area (Å²) in [5, 5.41) is -0.0286. The van der Waals surface area contributed by atoms with Gasteiger partial charge in [-0.2, -0.15) is 0 Å². The van der Waals surface area contributed by atoms with Crippen molar-refractivity contribution in [3.05, 3.63) is 11.9 Å². The predicted octanol–water partition coefficient (Wildman–Crippen LogP) is 3.65. The maximum absolute atomic E-state index is 13.4. The molecule has 0 saturated heterocycles. The molecule has 0 N–H and O–H groups in total. The van der Waals surface area contributed by atoms with E-state index in [1.165, 1.54) is 12.8 Å². The van der Waals surface area contributed by atoms with Crippen LogP contribution in [0.25, 0.3) is 0 Å². The smallest absolute Gasteiger partial charge is 0.228 e. The van der Waals surface area contributed by atoms with Crippen LogP contribution in [0.3, 0.4) is 0 Å². The molecule has 2 fully saturated rings. The highest BCUT2D eigenvalue weighted by Gasteiger charge is 2.33. The lowest BCUT2D eigenvalue weighted by molar-refractivity contribution is 0.180. The van der Waals surface area contributed by atoms with Gasteiger partial charge in [-0.3, -0.25) is 4.90 Å². The fraction of sp³-hybridized carbons (Fsp3) is 0.857. The first-order valence-corrected chi connectivity index (χ1v) is 12.6. The van der Waals surface area contributed by atoms with Gasteiger partial charge in [-0.05, 0) is 44.6 Å². The van der Waals surface area contributed by atoms with Crippen LogP contribution in [0.2, 0.25) is 0 Å². The summed E-state index contributed by atoms with van der Waals surface area (Å²) in [6.45, 7) is 6.14. The second kappa shape index (κ2) is 10.2. The van der Waals surface area contributed by atoms with Gasteiger partial charge in [0.05, 0.1) is 23.7 Å². The molecule has 0 radical (unpaired) electrons. The van der Waals surface area contributed by atoms with Crippen LogP contribution < -0.4 is 0 Å². The van der Waals surface area contributed by atoms with Crippen LogP contribution in [0.5, 0.6) is 0 Å². The molecule has 2 saturated carbocycles. The van der Waals surface area contributed by atoms with E-state index in [9.17, 15) is 8.42 Å². The fourth-order valence-corrected chi connectivity index (χ4v) is 6.28. The molecule has 0 aromatic carbocycles. The van der Waals surface area contributed by atoms with Crippen molar-refractivity contribution in [2.45, 2.75) is 88.2 Å². The van der Waals surface area contributed by atoms with Gasteiger partial charge in [-0.1, -0.05) is 32.6 Å². The molecule has 2 aliphatic carbocycles. The highest BCUT2D eigenvalue weighted by Crippen LogP contribution is 2.31. The summed E-state index contributed by atoms with van der Waals surface area (Å²) >= 11 is 0. The van der Waals surface area contributed by atoms with Crippen molar-refractivity contribution in [3.63, 3.8) is 0 Å². The normalized spacial score (nSPS) is 19.2. The highest BCUT2D eigenvalue weighted by atomic mass is 32.2. The molecule has 6 nitrogen and oxygen atoms in total. The van der Waals surface area contributed by atoms with Gasteiger partial charge in [0, 0.05) is 26.7 Å². The Balaban J connectivity index is 1.83. The molecule has 28 heavy (non-hydrogen) atoms. The van der Waals surface area contributed by atoms with Crippen molar-refractivity contribution in [2.75, 3.05) is 26.8 Å². The Bertz CT molecular complexity index is 704. The summed E-state index contributed by atoms with van der Waals surface area (Å²) in [4.78, 5) is 6.91. The summed E-state index contributed by atoms with van der Waals surface area (Å²) in [6.07, 6.45) is 11.3. The number of methoxy groups -OCH3 is 1. The SMILES string of the molecule is CCCN(Cc1cnc(S(=O)(=O)C2CCCCCC2)n1CCOC)CC1CC1. The molecule has 1 heterocycles. The zero-order valence-corrected chi connectivity index (χ0v) is 18.4. The Morgan fingerprint density at radius 3 is 2.50 bits per heavy atom. The molecule has 7 heteroatoms. The topological polar surface area (TPSA) is 64.4 Å². The molecule has 0 spiro atoms. The van der Waals surface area contributed by atoms with Gasteiger partial charge in [0.15, 0.2) is 0 Å².